The molecule has 0 heterocycles. The van der Waals surface area contributed by atoms with Gasteiger partial charge in [0.15, 0.2) is 0 Å². The van der Waals surface area contributed by atoms with E-state index in [0.717, 1.165) is 15.6 Å². The summed E-state index contributed by atoms with van der Waals surface area (Å²) in [6.07, 6.45) is -0.303. The molecule has 4 heteroatoms. The van der Waals surface area contributed by atoms with E-state index in [1.54, 1.807) is 11.9 Å². The van der Waals surface area contributed by atoms with E-state index in [9.17, 15) is 4.79 Å². The Balaban J connectivity index is 2.66. The maximum Gasteiger partial charge on any atom is 0.410 e. The second kappa shape index (κ2) is 5.74. The lowest BCUT2D eigenvalue weighted by molar-refractivity contribution is 0.0285. The van der Waals surface area contributed by atoms with Gasteiger partial charge in [-0.25, -0.2) is 4.79 Å². The number of carbonyl (C=O) groups is 1. The molecular weight excluding hydrogens is 294 g/mol. The van der Waals surface area contributed by atoms with Gasteiger partial charge in [-0.05, 0) is 44.9 Å². The van der Waals surface area contributed by atoms with E-state index in [-0.39, 0.29) is 6.09 Å². The van der Waals surface area contributed by atoms with Gasteiger partial charge in [-0.1, -0.05) is 28.1 Å². The molecule has 1 amide bonds. The van der Waals surface area contributed by atoms with Crippen LogP contribution in [0, 0.1) is 6.92 Å². The maximum atomic E-state index is 11.8. The summed E-state index contributed by atoms with van der Waals surface area (Å²) in [5.74, 6) is 0. The molecule has 0 fully saturated rings. The van der Waals surface area contributed by atoms with Gasteiger partial charge in [0.05, 0.1) is 0 Å². The number of ether oxygens (including phenoxy) is 1. The molecule has 18 heavy (non-hydrogen) atoms. The Morgan fingerprint density at radius 3 is 2.50 bits per heavy atom. The van der Waals surface area contributed by atoms with Gasteiger partial charge < -0.3 is 9.64 Å². The van der Waals surface area contributed by atoms with Crippen LogP contribution in [0.3, 0.4) is 0 Å². The summed E-state index contributed by atoms with van der Waals surface area (Å²) < 4.78 is 6.38. The molecular formula is C14H20BrNO2. The summed E-state index contributed by atoms with van der Waals surface area (Å²) in [6.45, 7) is 8.16. The quantitative estimate of drug-likeness (QED) is 0.821. The SMILES string of the molecule is Cc1cc(CN(C)C(=O)OC(C)(C)C)ccc1Br. The Kier molecular flexibility index (Phi) is 4.79. The molecule has 1 aromatic rings. The zero-order valence-corrected chi connectivity index (χ0v) is 13.2. The minimum atomic E-state index is -0.457. The number of hydrogen-bond donors (Lipinski definition) is 0. The number of halogens is 1. The first-order valence-electron chi connectivity index (χ1n) is 5.88. The van der Waals surface area contributed by atoms with Gasteiger partial charge in [0.2, 0.25) is 0 Å². The van der Waals surface area contributed by atoms with E-state index in [2.05, 4.69) is 22.0 Å². The first-order valence-corrected chi connectivity index (χ1v) is 6.67. The van der Waals surface area contributed by atoms with Gasteiger partial charge in [0.25, 0.3) is 0 Å². The molecule has 0 spiro atoms. The van der Waals surface area contributed by atoms with Crippen LogP contribution in [-0.2, 0) is 11.3 Å². The Morgan fingerprint density at radius 1 is 1.39 bits per heavy atom. The molecule has 0 radical (unpaired) electrons. The van der Waals surface area contributed by atoms with E-state index in [1.807, 2.05) is 39.8 Å². The molecule has 0 aromatic heterocycles. The van der Waals surface area contributed by atoms with Gasteiger partial charge in [-0.2, -0.15) is 0 Å². The third-order valence-electron chi connectivity index (χ3n) is 2.35. The normalized spacial score (nSPS) is 11.2. The van der Waals surface area contributed by atoms with Gasteiger partial charge in [0, 0.05) is 18.1 Å². The van der Waals surface area contributed by atoms with E-state index in [0.29, 0.717) is 6.54 Å². The Labute approximate surface area is 117 Å². The van der Waals surface area contributed by atoms with Crippen LogP contribution in [0.2, 0.25) is 0 Å². The van der Waals surface area contributed by atoms with Gasteiger partial charge in [0.1, 0.15) is 5.60 Å². The summed E-state index contributed by atoms with van der Waals surface area (Å²) in [5, 5.41) is 0. The lowest BCUT2D eigenvalue weighted by Gasteiger charge is -2.24. The van der Waals surface area contributed by atoms with Crippen LogP contribution >= 0.6 is 15.9 Å². The van der Waals surface area contributed by atoms with Crippen molar-refractivity contribution in [3.63, 3.8) is 0 Å². The molecule has 0 atom stereocenters. The fourth-order valence-corrected chi connectivity index (χ4v) is 1.73. The van der Waals surface area contributed by atoms with E-state index >= 15 is 0 Å². The minimum absolute atomic E-state index is 0.303. The van der Waals surface area contributed by atoms with E-state index in [4.69, 9.17) is 4.74 Å². The zero-order valence-electron chi connectivity index (χ0n) is 11.6. The average molecular weight is 314 g/mol. The molecule has 0 aliphatic carbocycles. The van der Waals surface area contributed by atoms with Crippen LogP contribution in [0.1, 0.15) is 31.9 Å². The molecule has 1 aromatic carbocycles. The fourth-order valence-electron chi connectivity index (χ4n) is 1.48. The summed E-state index contributed by atoms with van der Waals surface area (Å²) in [5.41, 5.74) is 1.79. The largest absolute Gasteiger partial charge is 0.444 e. The Morgan fingerprint density at radius 2 is 2.00 bits per heavy atom. The Hall–Kier alpha value is -1.03. The van der Waals surface area contributed by atoms with E-state index < -0.39 is 5.60 Å². The molecule has 0 aliphatic rings. The first-order chi connectivity index (χ1) is 8.19. The number of hydrogen-bond acceptors (Lipinski definition) is 2. The van der Waals surface area contributed by atoms with Crippen molar-refractivity contribution >= 4 is 22.0 Å². The topological polar surface area (TPSA) is 29.5 Å². The number of aryl methyl sites for hydroxylation is 1. The van der Waals surface area contributed by atoms with Crippen LogP contribution in [-0.4, -0.2) is 23.6 Å². The molecule has 1 rings (SSSR count). The highest BCUT2D eigenvalue weighted by Gasteiger charge is 2.19. The lowest BCUT2D eigenvalue weighted by Crippen LogP contribution is -2.33. The van der Waals surface area contributed by atoms with Crippen molar-refractivity contribution in [3.05, 3.63) is 33.8 Å². The van der Waals surface area contributed by atoms with Crippen LogP contribution in [0.15, 0.2) is 22.7 Å². The van der Waals surface area contributed by atoms with Crippen molar-refractivity contribution in [2.75, 3.05) is 7.05 Å². The number of rotatable bonds is 2. The second-order valence-corrected chi connectivity index (χ2v) is 6.27. The van der Waals surface area contributed by atoms with Crippen LogP contribution < -0.4 is 0 Å². The first kappa shape index (κ1) is 15.0. The molecule has 0 N–H and O–H groups in total. The van der Waals surface area contributed by atoms with E-state index in [1.165, 1.54) is 0 Å². The molecule has 0 unspecified atom stereocenters. The van der Waals surface area contributed by atoms with Crippen LogP contribution in [0.4, 0.5) is 4.79 Å². The molecule has 0 aliphatic heterocycles. The minimum Gasteiger partial charge on any atom is -0.444 e. The second-order valence-electron chi connectivity index (χ2n) is 5.42. The number of carbonyl (C=O) groups excluding carboxylic acids is 1. The summed E-state index contributed by atoms with van der Waals surface area (Å²) >= 11 is 3.46. The van der Waals surface area contributed by atoms with Crippen molar-refractivity contribution < 1.29 is 9.53 Å². The standard InChI is InChI=1S/C14H20BrNO2/c1-10-8-11(6-7-12(10)15)9-16(5)13(17)18-14(2,3)4/h6-8H,9H2,1-5H3. The molecule has 0 saturated carbocycles. The summed E-state index contributed by atoms with van der Waals surface area (Å²) in [6, 6.07) is 6.05. The predicted octanol–water partition coefficient (Wildman–Crippen LogP) is 4.12. The molecule has 0 saturated heterocycles. The highest BCUT2D eigenvalue weighted by atomic mass is 79.9. The van der Waals surface area contributed by atoms with Crippen LogP contribution in [0.5, 0.6) is 0 Å². The van der Waals surface area contributed by atoms with Crippen molar-refractivity contribution in [1.29, 1.82) is 0 Å². The Bertz CT molecular complexity index is 438. The number of nitrogens with zero attached hydrogens (tertiary/aromatic N) is 1. The highest BCUT2D eigenvalue weighted by Crippen LogP contribution is 2.18. The predicted molar refractivity (Wildman–Crippen MR) is 76.6 cm³/mol. The monoisotopic (exact) mass is 313 g/mol. The smallest absolute Gasteiger partial charge is 0.410 e. The average Bonchev–Trinajstić information content (AvgIpc) is 2.21. The fraction of sp³-hybridized carbons (Fsp3) is 0.500. The zero-order chi connectivity index (χ0) is 13.9. The third-order valence-corrected chi connectivity index (χ3v) is 3.24. The van der Waals surface area contributed by atoms with Crippen molar-refractivity contribution in [2.24, 2.45) is 0 Å². The highest BCUT2D eigenvalue weighted by molar-refractivity contribution is 9.10. The molecule has 0 bridgehead atoms. The lowest BCUT2D eigenvalue weighted by atomic mass is 10.1. The van der Waals surface area contributed by atoms with Crippen molar-refractivity contribution in [2.45, 2.75) is 39.8 Å². The molecule has 3 nitrogen and oxygen atoms in total. The summed E-state index contributed by atoms with van der Waals surface area (Å²) in [7, 11) is 1.74. The number of benzene rings is 1. The third kappa shape index (κ3) is 4.69. The van der Waals surface area contributed by atoms with Crippen molar-refractivity contribution in [3.8, 4) is 0 Å². The van der Waals surface area contributed by atoms with Crippen LogP contribution in [0.25, 0.3) is 0 Å². The van der Waals surface area contributed by atoms with Crippen molar-refractivity contribution in [1.82, 2.24) is 4.90 Å². The van der Waals surface area contributed by atoms with Gasteiger partial charge in [-0.15, -0.1) is 0 Å². The number of amides is 1. The molecule has 100 valence electrons. The summed E-state index contributed by atoms with van der Waals surface area (Å²) in [4.78, 5) is 13.4. The van der Waals surface area contributed by atoms with Gasteiger partial charge >= 0.3 is 6.09 Å². The maximum absolute atomic E-state index is 11.8. The van der Waals surface area contributed by atoms with Gasteiger partial charge in [-0.3, -0.25) is 0 Å².